The largest absolute Gasteiger partial charge is 0.756 e. The van der Waals surface area contributed by atoms with Crippen molar-refractivity contribution in [3.8, 4) is 0 Å². The number of ether oxygens (including phenoxy) is 2. The predicted molar refractivity (Wildman–Crippen MR) is 342 cm³/mol. The van der Waals surface area contributed by atoms with Crippen LogP contribution in [0.4, 0.5) is 0 Å². The number of carbonyl (C=O) groups excluding carboxylic acids is 2. The van der Waals surface area contributed by atoms with Crippen LogP contribution in [0.1, 0.15) is 361 Å². The van der Waals surface area contributed by atoms with Gasteiger partial charge in [0.2, 0.25) is 0 Å². The highest BCUT2D eigenvalue weighted by atomic mass is 31.2. The van der Waals surface area contributed by atoms with Crippen molar-refractivity contribution in [3.05, 3.63) is 24.3 Å². The molecule has 0 saturated heterocycles. The zero-order valence-corrected chi connectivity index (χ0v) is 55.0. The summed E-state index contributed by atoms with van der Waals surface area (Å²) in [5.74, 6) is -0.815. The number of hydrogen-bond acceptors (Lipinski definition) is 8. The number of likely N-dealkylation sites (N-methyl/N-ethyl adjacent to an activating group) is 1. The third kappa shape index (κ3) is 65.6. The fourth-order valence-corrected chi connectivity index (χ4v) is 11.3. The molecule has 0 aliphatic carbocycles. The Balaban J connectivity index is 3.96. The highest BCUT2D eigenvalue weighted by Crippen LogP contribution is 2.38. The average Bonchev–Trinajstić information content (AvgIpc) is 3.42. The van der Waals surface area contributed by atoms with E-state index in [0.29, 0.717) is 17.4 Å². The Bertz CT molecular complexity index is 1400. The summed E-state index contributed by atoms with van der Waals surface area (Å²) in [6.45, 7) is 4.30. The second-order valence-corrected chi connectivity index (χ2v) is 26.7. The summed E-state index contributed by atoms with van der Waals surface area (Å²) < 4.78 is 34.3. The molecule has 10 heteroatoms. The molecule has 0 spiro atoms. The standard InChI is InChI=1S/C70H136NO8P/c1-6-8-10-12-14-16-18-20-22-24-26-28-30-31-32-33-34-35-36-37-38-39-41-42-44-46-48-50-52-54-56-58-60-62-69(72)76-66-68(67-78-80(74,75)77-65-64-71(3,4)5)79-70(73)63-61-59-57-55-53-51-49-47-45-43-40-29-27-25-23-21-19-17-15-13-11-9-7-2/h19,21,25,27,68H,6-18,20,22-24,26,28-67H2,1-5H3/b21-19-,27-25-. The van der Waals surface area contributed by atoms with Crippen LogP contribution >= 0.6 is 7.82 Å². The van der Waals surface area contributed by atoms with Crippen LogP contribution in [0.25, 0.3) is 0 Å². The van der Waals surface area contributed by atoms with Crippen LogP contribution in [0.5, 0.6) is 0 Å². The smallest absolute Gasteiger partial charge is 0.306 e. The lowest BCUT2D eigenvalue weighted by Gasteiger charge is -2.28. The minimum Gasteiger partial charge on any atom is -0.756 e. The van der Waals surface area contributed by atoms with E-state index < -0.39 is 26.5 Å². The SMILES string of the molecule is CCCCCCC/C=C\C/C=C\CCCCCCCCCCCCCC(=O)OC(COC(=O)CCCCCCCCCCCCCCCCCCCCCCCCCCCCCCCCCCC)COP(=O)([O-])OCC[N+](C)(C)C. The number of rotatable bonds is 66. The molecule has 80 heavy (non-hydrogen) atoms. The number of quaternary nitrogens is 1. The Labute approximate surface area is 498 Å². The van der Waals surface area contributed by atoms with Crippen molar-refractivity contribution in [1.82, 2.24) is 0 Å². The first-order valence-electron chi connectivity index (χ1n) is 35.0. The van der Waals surface area contributed by atoms with Gasteiger partial charge in [0.25, 0.3) is 7.82 Å². The Kier molecular flexibility index (Phi) is 60.9. The highest BCUT2D eigenvalue weighted by molar-refractivity contribution is 7.45. The van der Waals surface area contributed by atoms with E-state index in [1.165, 1.54) is 283 Å². The second-order valence-electron chi connectivity index (χ2n) is 25.3. The lowest BCUT2D eigenvalue weighted by molar-refractivity contribution is -0.870. The zero-order valence-electron chi connectivity index (χ0n) is 54.1. The van der Waals surface area contributed by atoms with Crippen LogP contribution in [0.15, 0.2) is 24.3 Å². The summed E-state index contributed by atoms with van der Waals surface area (Å²) in [7, 11) is 1.18. The quantitative estimate of drug-likeness (QED) is 0.0195. The van der Waals surface area contributed by atoms with E-state index in [1.54, 1.807) is 0 Å². The van der Waals surface area contributed by atoms with Gasteiger partial charge in [-0.2, -0.15) is 0 Å². The van der Waals surface area contributed by atoms with E-state index in [1.807, 2.05) is 21.1 Å². The van der Waals surface area contributed by atoms with Crippen LogP contribution in [-0.4, -0.2) is 70.0 Å². The van der Waals surface area contributed by atoms with Crippen molar-refractivity contribution in [2.45, 2.75) is 367 Å². The van der Waals surface area contributed by atoms with Crippen LogP contribution < -0.4 is 4.89 Å². The molecule has 0 fully saturated rings. The monoisotopic (exact) mass is 1150 g/mol. The zero-order chi connectivity index (χ0) is 58.4. The number of nitrogens with zero attached hydrogens (tertiary/aromatic N) is 1. The summed E-state index contributed by atoms with van der Waals surface area (Å²) in [5.41, 5.74) is 0. The Hall–Kier alpha value is -1.51. The van der Waals surface area contributed by atoms with Crippen molar-refractivity contribution >= 4 is 19.8 Å². The third-order valence-corrected chi connectivity index (χ3v) is 16.9. The first kappa shape index (κ1) is 78.5. The third-order valence-electron chi connectivity index (χ3n) is 16.0. The van der Waals surface area contributed by atoms with Gasteiger partial charge in [0.05, 0.1) is 27.7 Å². The minimum atomic E-state index is -4.64. The summed E-state index contributed by atoms with van der Waals surface area (Å²) in [5, 5.41) is 0. The molecule has 2 unspecified atom stereocenters. The van der Waals surface area contributed by atoms with Crippen molar-refractivity contribution in [2.24, 2.45) is 0 Å². The van der Waals surface area contributed by atoms with Gasteiger partial charge in [-0.25, -0.2) is 0 Å². The number of unbranched alkanes of at least 4 members (excludes halogenated alkanes) is 48. The lowest BCUT2D eigenvalue weighted by atomic mass is 10.0. The van der Waals surface area contributed by atoms with E-state index in [9.17, 15) is 19.0 Å². The van der Waals surface area contributed by atoms with Gasteiger partial charge in [-0.15, -0.1) is 0 Å². The van der Waals surface area contributed by atoms with Gasteiger partial charge in [0.15, 0.2) is 6.10 Å². The van der Waals surface area contributed by atoms with E-state index in [2.05, 4.69) is 38.2 Å². The summed E-state index contributed by atoms with van der Waals surface area (Å²) >= 11 is 0. The topological polar surface area (TPSA) is 111 Å². The first-order chi connectivity index (χ1) is 39.0. The molecule has 0 aliphatic rings. The minimum absolute atomic E-state index is 0.0283. The van der Waals surface area contributed by atoms with Gasteiger partial charge < -0.3 is 27.9 Å². The van der Waals surface area contributed by atoms with Crippen LogP contribution in [0.3, 0.4) is 0 Å². The van der Waals surface area contributed by atoms with Crippen molar-refractivity contribution < 1.29 is 42.1 Å². The highest BCUT2D eigenvalue weighted by Gasteiger charge is 2.22. The van der Waals surface area contributed by atoms with E-state index in [-0.39, 0.29) is 32.0 Å². The summed E-state index contributed by atoms with van der Waals surface area (Å²) in [6, 6.07) is 0. The predicted octanol–water partition coefficient (Wildman–Crippen LogP) is 21.9. The maximum absolute atomic E-state index is 12.8. The van der Waals surface area contributed by atoms with Crippen LogP contribution in [0, 0.1) is 0 Å². The van der Waals surface area contributed by atoms with E-state index >= 15 is 0 Å². The van der Waals surface area contributed by atoms with Gasteiger partial charge >= 0.3 is 11.9 Å². The molecule has 0 aromatic rings. The molecule has 0 aromatic heterocycles. The van der Waals surface area contributed by atoms with Gasteiger partial charge in [0, 0.05) is 12.8 Å². The molecule has 0 radical (unpaired) electrons. The maximum atomic E-state index is 12.8. The molecule has 0 heterocycles. The van der Waals surface area contributed by atoms with Gasteiger partial charge in [-0.1, -0.05) is 327 Å². The Morgan fingerprint density at radius 3 is 0.988 bits per heavy atom. The van der Waals surface area contributed by atoms with Gasteiger partial charge in [0.1, 0.15) is 19.8 Å². The lowest BCUT2D eigenvalue weighted by Crippen LogP contribution is -2.37. The van der Waals surface area contributed by atoms with Crippen molar-refractivity contribution in [1.29, 1.82) is 0 Å². The maximum Gasteiger partial charge on any atom is 0.306 e. The molecule has 0 bridgehead atoms. The molecule has 0 aliphatic heterocycles. The molecule has 9 nitrogen and oxygen atoms in total. The molecule has 0 saturated carbocycles. The van der Waals surface area contributed by atoms with Crippen molar-refractivity contribution in [2.75, 3.05) is 47.5 Å². The van der Waals surface area contributed by atoms with Gasteiger partial charge in [-0.05, 0) is 44.9 Å². The molecule has 0 aromatic carbocycles. The number of phosphoric acid groups is 1. The molecule has 0 rings (SSSR count). The summed E-state index contributed by atoms with van der Waals surface area (Å²) in [6.07, 6.45) is 77.0. The Morgan fingerprint density at radius 1 is 0.388 bits per heavy atom. The Morgan fingerprint density at radius 2 is 0.675 bits per heavy atom. The normalized spacial score (nSPS) is 13.2. The van der Waals surface area contributed by atoms with E-state index in [4.69, 9.17) is 18.5 Å². The molecule has 2 atom stereocenters. The summed E-state index contributed by atoms with van der Waals surface area (Å²) in [4.78, 5) is 38.0. The van der Waals surface area contributed by atoms with Crippen molar-refractivity contribution in [3.63, 3.8) is 0 Å². The fraction of sp³-hybridized carbons (Fsp3) is 0.914. The number of phosphoric ester groups is 1. The number of allylic oxidation sites excluding steroid dienone is 4. The molecular formula is C70H136NO8P. The number of esters is 2. The fourth-order valence-electron chi connectivity index (χ4n) is 10.6. The molecular weight excluding hydrogens is 1010 g/mol. The van der Waals surface area contributed by atoms with Crippen LogP contribution in [-0.2, 0) is 32.7 Å². The van der Waals surface area contributed by atoms with E-state index in [0.717, 1.165) is 44.9 Å². The molecule has 0 amide bonds. The number of carbonyl (C=O) groups is 2. The second kappa shape index (κ2) is 62.0. The molecule has 474 valence electrons. The first-order valence-corrected chi connectivity index (χ1v) is 36.5. The van der Waals surface area contributed by atoms with Crippen LogP contribution in [0.2, 0.25) is 0 Å². The number of hydrogen-bond donors (Lipinski definition) is 0. The average molecular weight is 1150 g/mol. The van der Waals surface area contributed by atoms with Gasteiger partial charge in [-0.3, -0.25) is 14.2 Å². The molecule has 0 N–H and O–H groups in total.